The Hall–Kier alpha value is -0.830. The van der Waals surface area contributed by atoms with Crippen molar-refractivity contribution >= 4 is 0 Å². The minimum Gasteiger partial charge on any atom is -0.360 e. The van der Waals surface area contributed by atoms with Crippen LogP contribution in [0.2, 0.25) is 0 Å². The summed E-state index contributed by atoms with van der Waals surface area (Å²) < 4.78 is 5.05. The lowest BCUT2D eigenvalue weighted by atomic mass is 10.1. The van der Waals surface area contributed by atoms with Crippen molar-refractivity contribution in [3.63, 3.8) is 0 Å². The van der Waals surface area contributed by atoms with Crippen molar-refractivity contribution in [2.45, 2.75) is 26.3 Å². The first-order valence-electron chi connectivity index (χ1n) is 3.84. The number of rotatable bonds is 3. The van der Waals surface area contributed by atoms with Gasteiger partial charge in [0.1, 0.15) is 0 Å². The van der Waals surface area contributed by atoms with Crippen LogP contribution in [0.4, 0.5) is 0 Å². The van der Waals surface area contributed by atoms with Crippen molar-refractivity contribution in [3.8, 4) is 0 Å². The molecule has 0 saturated carbocycles. The molecule has 62 valence electrons. The zero-order chi connectivity index (χ0) is 8.27. The monoisotopic (exact) mass is 154 g/mol. The molecule has 0 aliphatic rings. The number of hydrogen-bond acceptors (Lipinski definition) is 3. The van der Waals surface area contributed by atoms with Crippen LogP contribution in [0.1, 0.15) is 31.2 Å². The van der Waals surface area contributed by atoms with E-state index in [4.69, 9.17) is 4.52 Å². The van der Waals surface area contributed by atoms with Gasteiger partial charge in [0.25, 0.3) is 0 Å². The number of nitrogens with zero attached hydrogens (tertiary/aromatic N) is 1. The molecular weight excluding hydrogens is 140 g/mol. The summed E-state index contributed by atoms with van der Waals surface area (Å²) in [5.74, 6) is 1.35. The van der Waals surface area contributed by atoms with Gasteiger partial charge in [-0.3, -0.25) is 0 Å². The van der Waals surface area contributed by atoms with Gasteiger partial charge < -0.3 is 9.84 Å². The van der Waals surface area contributed by atoms with E-state index in [1.807, 2.05) is 13.1 Å². The van der Waals surface area contributed by atoms with E-state index in [9.17, 15) is 0 Å². The van der Waals surface area contributed by atoms with Gasteiger partial charge in [0.15, 0.2) is 5.76 Å². The normalized spacial score (nSPS) is 10.9. The highest BCUT2D eigenvalue weighted by Gasteiger charge is 2.05. The van der Waals surface area contributed by atoms with Gasteiger partial charge >= 0.3 is 0 Å². The maximum Gasteiger partial charge on any atom is 0.150 e. The van der Waals surface area contributed by atoms with E-state index in [2.05, 4.69) is 24.3 Å². The molecule has 0 fully saturated rings. The molecular formula is C8H14N2O. The van der Waals surface area contributed by atoms with Gasteiger partial charge in [-0.2, -0.15) is 0 Å². The fraction of sp³-hybridized carbons (Fsp3) is 0.625. The molecule has 0 amide bonds. The second kappa shape index (κ2) is 3.53. The first-order valence-corrected chi connectivity index (χ1v) is 3.84. The molecule has 0 saturated heterocycles. The molecule has 3 nitrogen and oxygen atoms in total. The molecule has 1 N–H and O–H groups in total. The van der Waals surface area contributed by atoms with Crippen LogP contribution in [-0.2, 0) is 6.54 Å². The molecule has 1 rings (SSSR count). The fourth-order valence-electron chi connectivity index (χ4n) is 0.859. The average Bonchev–Trinajstić information content (AvgIpc) is 2.37. The van der Waals surface area contributed by atoms with E-state index in [0.717, 1.165) is 18.0 Å². The molecule has 0 atom stereocenters. The molecule has 11 heavy (non-hydrogen) atoms. The molecule has 0 spiro atoms. The van der Waals surface area contributed by atoms with Crippen molar-refractivity contribution < 1.29 is 4.52 Å². The SMILES string of the molecule is CNCc1cc(C(C)C)no1. The third-order valence-electron chi connectivity index (χ3n) is 1.52. The van der Waals surface area contributed by atoms with Gasteiger partial charge in [-0.15, -0.1) is 0 Å². The van der Waals surface area contributed by atoms with Crippen molar-refractivity contribution in [2.24, 2.45) is 0 Å². The van der Waals surface area contributed by atoms with E-state index in [1.54, 1.807) is 0 Å². The van der Waals surface area contributed by atoms with Gasteiger partial charge in [-0.1, -0.05) is 19.0 Å². The number of aromatic nitrogens is 1. The predicted octanol–water partition coefficient (Wildman–Crippen LogP) is 1.52. The van der Waals surface area contributed by atoms with Crippen LogP contribution < -0.4 is 5.32 Å². The molecule has 3 heteroatoms. The van der Waals surface area contributed by atoms with E-state index in [0.29, 0.717) is 5.92 Å². The Morgan fingerprint density at radius 3 is 2.82 bits per heavy atom. The zero-order valence-corrected chi connectivity index (χ0v) is 7.22. The second-order valence-electron chi connectivity index (χ2n) is 2.90. The topological polar surface area (TPSA) is 38.1 Å². The van der Waals surface area contributed by atoms with Gasteiger partial charge in [-0.05, 0) is 13.0 Å². The summed E-state index contributed by atoms with van der Waals surface area (Å²) in [5, 5.41) is 6.92. The summed E-state index contributed by atoms with van der Waals surface area (Å²) in [6.07, 6.45) is 0. The minimum absolute atomic E-state index is 0.448. The Labute approximate surface area is 66.8 Å². The highest BCUT2D eigenvalue weighted by atomic mass is 16.5. The number of nitrogens with one attached hydrogen (secondary N) is 1. The first kappa shape index (κ1) is 8.27. The largest absolute Gasteiger partial charge is 0.360 e. The van der Waals surface area contributed by atoms with Gasteiger partial charge in [-0.25, -0.2) is 0 Å². The molecule has 0 radical (unpaired) electrons. The second-order valence-corrected chi connectivity index (χ2v) is 2.90. The summed E-state index contributed by atoms with van der Waals surface area (Å²) in [7, 11) is 1.89. The quantitative estimate of drug-likeness (QED) is 0.717. The molecule has 1 aromatic heterocycles. The molecule has 0 aliphatic carbocycles. The molecule has 0 bridgehead atoms. The Kier molecular flexibility index (Phi) is 2.65. The van der Waals surface area contributed by atoms with Gasteiger partial charge in [0, 0.05) is 6.07 Å². The van der Waals surface area contributed by atoms with E-state index >= 15 is 0 Å². The Bertz CT molecular complexity index is 218. The van der Waals surface area contributed by atoms with Crippen LogP contribution in [0.25, 0.3) is 0 Å². The van der Waals surface area contributed by atoms with E-state index in [1.165, 1.54) is 0 Å². The van der Waals surface area contributed by atoms with E-state index in [-0.39, 0.29) is 0 Å². The van der Waals surface area contributed by atoms with Crippen molar-refractivity contribution in [3.05, 3.63) is 17.5 Å². The maximum atomic E-state index is 5.05. The van der Waals surface area contributed by atoms with Crippen molar-refractivity contribution in [1.82, 2.24) is 10.5 Å². The van der Waals surface area contributed by atoms with Crippen LogP contribution in [-0.4, -0.2) is 12.2 Å². The molecule has 0 aliphatic heterocycles. The Morgan fingerprint density at radius 2 is 2.36 bits per heavy atom. The summed E-state index contributed by atoms with van der Waals surface area (Å²) in [4.78, 5) is 0. The van der Waals surface area contributed by atoms with Crippen molar-refractivity contribution in [1.29, 1.82) is 0 Å². The highest BCUT2D eigenvalue weighted by molar-refractivity contribution is 5.08. The van der Waals surface area contributed by atoms with Crippen LogP contribution >= 0.6 is 0 Å². The first-order chi connectivity index (χ1) is 5.24. The maximum absolute atomic E-state index is 5.05. The van der Waals surface area contributed by atoms with Gasteiger partial charge in [0.05, 0.1) is 12.2 Å². The van der Waals surface area contributed by atoms with Crippen LogP contribution in [0, 0.1) is 0 Å². The molecule has 1 aromatic rings. The fourth-order valence-corrected chi connectivity index (χ4v) is 0.859. The van der Waals surface area contributed by atoms with Crippen LogP contribution in [0.5, 0.6) is 0 Å². The van der Waals surface area contributed by atoms with Crippen LogP contribution in [0.3, 0.4) is 0 Å². The highest BCUT2D eigenvalue weighted by Crippen LogP contribution is 2.13. The lowest BCUT2D eigenvalue weighted by molar-refractivity contribution is 0.369. The predicted molar refractivity (Wildman–Crippen MR) is 43.4 cm³/mol. The lowest BCUT2D eigenvalue weighted by Crippen LogP contribution is -2.03. The smallest absolute Gasteiger partial charge is 0.150 e. The zero-order valence-electron chi connectivity index (χ0n) is 7.22. The average molecular weight is 154 g/mol. The summed E-state index contributed by atoms with van der Waals surface area (Å²) in [5.41, 5.74) is 1.02. The third-order valence-corrected chi connectivity index (χ3v) is 1.52. The third kappa shape index (κ3) is 2.05. The molecule has 1 heterocycles. The molecule has 0 aromatic carbocycles. The summed E-state index contributed by atoms with van der Waals surface area (Å²) in [6, 6.07) is 1.99. The summed E-state index contributed by atoms with van der Waals surface area (Å²) in [6.45, 7) is 4.95. The van der Waals surface area contributed by atoms with Crippen LogP contribution in [0.15, 0.2) is 10.6 Å². The Balaban J connectivity index is 2.66. The minimum atomic E-state index is 0.448. The Morgan fingerprint density at radius 1 is 1.64 bits per heavy atom. The summed E-state index contributed by atoms with van der Waals surface area (Å²) >= 11 is 0. The molecule has 0 unspecified atom stereocenters. The standard InChI is InChI=1S/C8H14N2O/c1-6(2)8-4-7(5-9-3)11-10-8/h4,6,9H,5H2,1-3H3. The van der Waals surface area contributed by atoms with Gasteiger partial charge in [0.2, 0.25) is 0 Å². The van der Waals surface area contributed by atoms with E-state index < -0.39 is 0 Å². The van der Waals surface area contributed by atoms with Crippen molar-refractivity contribution in [2.75, 3.05) is 7.05 Å². The number of hydrogen-bond donors (Lipinski definition) is 1. The lowest BCUT2D eigenvalue weighted by Gasteiger charge is -1.93.